The number of halogens is 1. The van der Waals surface area contributed by atoms with Crippen molar-refractivity contribution in [3.8, 4) is 0 Å². The summed E-state index contributed by atoms with van der Waals surface area (Å²) in [5, 5.41) is 0. The van der Waals surface area contributed by atoms with Crippen LogP contribution in [0.3, 0.4) is 0 Å². The molecular formula is C29H34FNO3. The van der Waals surface area contributed by atoms with Gasteiger partial charge >= 0.3 is 6.09 Å². The van der Waals surface area contributed by atoms with Gasteiger partial charge in [-0.25, -0.2) is 9.18 Å². The van der Waals surface area contributed by atoms with Crippen LogP contribution in [0.4, 0.5) is 9.18 Å². The van der Waals surface area contributed by atoms with E-state index in [1.165, 1.54) is 22.6 Å². The van der Waals surface area contributed by atoms with E-state index in [0.717, 1.165) is 19.3 Å². The van der Waals surface area contributed by atoms with Crippen LogP contribution in [0, 0.1) is 17.7 Å². The number of amides is 1. The van der Waals surface area contributed by atoms with Gasteiger partial charge in [0.2, 0.25) is 0 Å². The fraction of sp³-hybridized carbons (Fsp3) is 0.448. The van der Waals surface area contributed by atoms with Gasteiger partial charge in [0.05, 0.1) is 6.04 Å². The smallest absolute Gasteiger partial charge is 0.414 e. The van der Waals surface area contributed by atoms with E-state index >= 15 is 0 Å². The molecule has 1 saturated carbocycles. The molecule has 0 saturated heterocycles. The van der Waals surface area contributed by atoms with Crippen molar-refractivity contribution >= 4 is 11.9 Å². The Hall–Kier alpha value is -2.95. The number of ketones is 1. The summed E-state index contributed by atoms with van der Waals surface area (Å²) < 4.78 is 19.7. The molecule has 0 radical (unpaired) electrons. The standard InChI is InChI=1S/C29H34FNO3/c1-19-10-15-24(29(3,4)22-8-6-5-7-9-22)27(16-19)34-28(33)31-18-20(2)26(32)17-25(31)21-11-13-23(30)14-12-21/h5-9,11-14,18-19,24-25,27H,10,15-17H2,1-4H3/t19-,24-,25+,27-/m1/s1. The lowest BCUT2D eigenvalue weighted by Gasteiger charge is -2.44. The van der Waals surface area contributed by atoms with E-state index in [-0.39, 0.29) is 35.5 Å². The van der Waals surface area contributed by atoms with Crippen molar-refractivity contribution in [2.24, 2.45) is 11.8 Å². The van der Waals surface area contributed by atoms with Crippen LogP contribution in [0.15, 0.2) is 66.4 Å². The number of carbonyl (C=O) groups is 2. The van der Waals surface area contributed by atoms with E-state index in [1.807, 2.05) is 6.07 Å². The van der Waals surface area contributed by atoms with Crippen LogP contribution < -0.4 is 0 Å². The van der Waals surface area contributed by atoms with Crippen LogP contribution in [0.5, 0.6) is 0 Å². The second kappa shape index (κ2) is 9.73. The Morgan fingerprint density at radius 1 is 1.06 bits per heavy atom. The van der Waals surface area contributed by atoms with Gasteiger partial charge in [0.15, 0.2) is 5.78 Å². The number of allylic oxidation sites excluding steroid dienone is 1. The third kappa shape index (κ3) is 4.94. The number of hydrogen-bond donors (Lipinski definition) is 0. The molecule has 180 valence electrons. The van der Waals surface area contributed by atoms with Crippen molar-refractivity contribution in [2.75, 3.05) is 0 Å². The van der Waals surface area contributed by atoms with Crippen LogP contribution in [0.2, 0.25) is 0 Å². The molecule has 0 N–H and O–H groups in total. The van der Waals surface area contributed by atoms with E-state index in [9.17, 15) is 14.0 Å². The van der Waals surface area contributed by atoms with Crippen molar-refractivity contribution in [1.29, 1.82) is 0 Å². The largest absolute Gasteiger partial charge is 0.446 e. The Balaban J connectivity index is 1.61. The topological polar surface area (TPSA) is 46.6 Å². The molecule has 5 heteroatoms. The van der Waals surface area contributed by atoms with Crippen molar-refractivity contribution in [3.63, 3.8) is 0 Å². The molecular weight excluding hydrogens is 429 g/mol. The van der Waals surface area contributed by atoms with E-state index in [1.54, 1.807) is 25.3 Å². The minimum Gasteiger partial charge on any atom is -0.446 e. The quantitative estimate of drug-likeness (QED) is 0.492. The van der Waals surface area contributed by atoms with E-state index in [0.29, 0.717) is 17.1 Å². The van der Waals surface area contributed by atoms with Gasteiger partial charge in [-0.1, -0.05) is 69.7 Å². The van der Waals surface area contributed by atoms with Crippen LogP contribution in [0.25, 0.3) is 0 Å². The Bertz CT molecular complexity index is 1060. The monoisotopic (exact) mass is 463 g/mol. The van der Waals surface area contributed by atoms with E-state index in [2.05, 4.69) is 45.0 Å². The molecule has 0 aromatic heterocycles. The highest BCUT2D eigenvalue weighted by atomic mass is 19.1. The highest BCUT2D eigenvalue weighted by molar-refractivity contribution is 5.97. The molecule has 4 atom stereocenters. The highest BCUT2D eigenvalue weighted by Gasteiger charge is 2.43. The Labute approximate surface area is 201 Å². The van der Waals surface area contributed by atoms with Gasteiger partial charge < -0.3 is 4.74 Å². The van der Waals surface area contributed by atoms with Gasteiger partial charge in [0.25, 0.3) is 0 Å². The molecule has 1 amide bonds. The predicted molar refractivity (Wildman–Crippen MR) is 131 cm³/mol. The van der Waals surface area contributed by atoms with Crippen molar-refractivity contribution in [1.82, 2.24) is 4.90 Å². The zero-order valence-corrected chi connectivity index (χ0v) is 20.5. The Morgan fingerprint density at radius 2 is 1.74 bits per heavy atom. The van der Waals surface area contributed by atoms with Gasteiger partial charge in [-0.05, 0) is 54.4 Å². The third-order valence-corrected chi connectivity index (χ3v) is 7.70. The summed E-state index contributed by atoms with van der Waals surface area (Å²) in [6, 6.07) is 15.9. The number of nitrogens with zero attached hydrogens (tertiary/aromatic N) is 1. The van der Waals surface area contributed by atoms with Crippen LogP contribution in [-0.4, -0.2) is 22.9 Å². The van der Waals surface area contributed by atoms with Gasteiger partial charge in [-0.2, -0.15) is 0 Å². The number of rotatable bonds is 4. The number of Topliss-reactive ketones (excluding diaryl/α,β-unsaturated/α-hetero) is 1. The van der Waals surface area contributed by atoms with Gasteiger partial charge in [-0.15, -0.1) is 0 Å². The molecule has 0 bridgehead atoms. The lowest BCUT2D eigenvalue weighted by Crippen LogP contribution is -2.46. The zero-order valence-electron chi connectivity index (χ0n) is 20.5. The minimum absolute atomic E-state index is 0.0206. The SMILES string of the molecule is CC1=CN(C(=O)O[C@@H]2C[C@H](C)CC[C@H]2C(C)(C)c2ccccc2)[C@H](c2ccc(F)cc2)CC1=O. The number of ether oxygens (including phenoxy) is 1. The van der Waals surface area contributed by atoms with E-state index < -0.39 is 12.1 Å². The molecule has 1 heterocycles. The Kier molecular flexibility index (Phi) is 6.92. The van der Waals surface area contributed by atoms with Crippen molar-refractivity contribution in [2.45, 2.75) is 70.9 Å². The first kappa shape index (κ1) is 24.2. The summed E-state index contributed by atoms with van der Waals surface area (Å²) >= 11 is 0. The first-order valence-corrected chi connectivity index (χ1v) is 12.2. The average Bonchev–Trinajstić information content (AvgIpc) is 2.81. The predicted octanol–water partition coefficient (Wildman–Crippen LogP) is 6.96. The summed E-state index contributed by atoms with van der Waals surface area (Å²) in [6.45, 7) is 8.38. The molecule has 1 aliphatic carbocycles. The number of hydrogen-bond acceptors (Lipinski definition) is 3. The van der Waals surface area contributed by atoms with Gasteiger partial charge in [0.1, 0.15) is 11.9 Å². The number of carbonyl (C=O) groups excluding carboxylic acids is 2. The summed E-state index contributed by atoms with van der Waals surface area (Å²) in [7, 11) is 0. The second-order valence-corrected chi connectivity index (χ2v) is 10.4. The second-order valence-electron chi connectivity index (χ2n) is 10.4. The van der Waals surface area contributed by atoms with Crippen molar-refractivity contribution < 1.29 is 18.7 Å². The van der Waals surface area contributed by atoms with Crippen LogP contribution in [0.1, 0.15) is 70.5 Å². The molecule has 4 rings (SSSR count). The first-order valence-electron chi connectivity index (χ1n) is 12.2. The molecule has 1 aliphatic heterocycles. The molecule has 0 unspecified atom stereocenters. The van der Waals surface area contributed by atoms with Crippen molar-refractivity contribution in [3.05, 3.63) is 83.3 Å². The minimum atomic E-state index is -0.508. The maximum absolute atomic E-state index is 13.6. The molecule has 1 fully saturated rings. The van der Waals surface area contributed by atoms with Crippen LogP contribution >= 0.6 is 0 Å². The highest BCUT2D eigenvalue weighted by Crippen LogP contribution is 2.44. The summed E-state index contributed by atoms with van der Waals surface area (Å²) in [5.74, 6) is 0.270. The summed E-state index contributed by atoms with van der Waals surface area (Å²) in [5.41, 5.74) is 2.31. The normalized spacial score (nSPS) is 25.6. The molecule has 4 nitrogen and oxygen atoms in total. The lowest BCUT2D eigenvalue weighted by atomic mass is 9.64. The molecule has 2 aliphatic rings. The molecule has 0 spiro atoms. The van der Waals surface area contributed by atoms with Crippen LogP contribution in [-0.2, 0) is 14.9 Å². The zero-order chi connectivity index (χ0) is 24.5. The lowest BCUT2D eigenvalue weighted by molar-refractivity contribution is -0.117. The van der Waals surface area contributed by atoms with E-state index in [4.69, 9.17) is 4.74 Å². The third-order valence-electron chi connectivity index (χ3n) is 7.70. The first-order chi connectivity index (χ1) is 16.2. The van der Waals surface area contributed by atoms with Gasteiger partial charge in [-0.3, -0.25) is 9.69 Å². The number of benzene rings is 2. The average molecular weight is 464 g/mol. The molecule has 2 aromatic carbocycles. The Morgan fingerprint density at radius 3 is 2.41 bits per heavy atom. The van der Waals surface area contributed by atoms with Gasteiger partial charge in [0, 0.05) is 24.1 Å². The summed E-state index contributed by atoms with van der Waals surface area (Å²) in [6.07, 6.45) is 3.96. The molecule has 2 aromatic rings. The maximum atomic E-state index is 13.6. The summed E-state index contributed by atoms with van der Waals surface area (Å²) in [4.78, 5) is 27.5. The fourth-order valence-corrected chi connectivity index (χ4v) is 5.51. The molecule has 34 heavy (non-hydrogen) atoms. The maximum Gasteiger partial charge on any atom is 0.414 e. The fourth-order valence-electron chi connectivity index (χ4n) is 5.51.